The third-order valence-corrected chi connectivity index (χ3v) is 5.20. The van der Waals surface area contributed by atoms with E-state index in [0.29, 0.717) is 21.8 Å². The summed E-state index contributed by atoms with van der Waals surface area (Å²) in [5.41, 5.74) is 1.29. The number of alkyl halides is 3. The van der Waals surface area contributed by atoms with E-state index in [9.17, 15) is 27.9 Å². The summed E-state index contributed by atoms with van der Waals surface area (Å²) < 4.78 is 40.7. The lowest BCUT2D eigenvalue weighted by molar-refractivity contribution is -0.274. The number of rotatable bonds is 6. The van der Waals surface area contributed by atoms with Gasteiger partial charge in [0.25, 0.3) is 5.91 Å². The topological polar surface area (TPSA) is 88.5 Å². The molecule has 1 amide bonds. The predicted octanol–water partition coefficient (Wildman–Crippen LogP) is 4.57. The molecule has 0 saturated heterocycles. The molecule has 0 fully saturated rings. The van der Waals surface area contributed by atoms with Gasteiger partial charge < -0.3 is 15.2 Å². The Bertz CT molecular complexity index is 1050. The number of thiazole rings is 1. The van der Waals surface area contributed by atoms with Gasteiger partial charge in [0.2, 0.25) is 0 Å². The fraction of sp³-hybridized carbons (Fsp3) is 0.150. The number of carbonyl (C=O) groups excluding carboxylic acids is 1. The molecule has 1 heterocycles. The van der Waals surface area contributed by atoms with Gasteiger partial charge in [-0.2, -0.15) is 0 Å². The minimum absolute atomic E-state index is 0.211. The Morgan fingerprint density at radius 1 is 1.10 bits per heavy atom. The van der Waals surface area contributed by atoms with Gasteiger partial charge in [-0.05, 0) is 36.8 Å². The van der Waals surface area contributed by atoms with Crippen LogP contribution in [-0.2, 0) is 4.79 Å². The number of carboxylic acid groups (broad SMARTS) is 1. The van der Waals surface area contributed by atoms with Crippen molar-refractivity contribution in [1.29, 1.82) is 0 Å². The molecule has 0 aliphatic carbocycles. The highest BCUT2D eigenvalue weighted by Crippen LogP contribution is 2.31. The molecule has 6 nitrogen and oxygen atoms in total. The van der Waals surface area contributed by atoms with Gasteiger partial charge in [-0.1, -0.05) is 30.3 Å². The standard InChI is InChI=1S/C20H15F3N2O4S/c1-11-16(17(26)25-15(19(27)28)12-5-3-2-4-6-12)30-18(24-11)13-7-9-14(10-8-13)29-20(21,22)23/h2-10,15H,1H3,(H,25,26)(H,27,28)/t15-/m0/s1. The van der Waals surface area contributed by atoms with E-state index < -0.39 is 24.3 Å². The summed E-state index contributed by atoms with van der Waals surface area (Å²) in [6, 6.07) is 12.1. The van der Waals surface area contributed by atoms with Crippen LogP contribution in [0, 0.1) is 6.92 Å². The number of hydrogen-bond acceptors (Lipinski definition) is 5. The molecule has 0 saturated carbocycles. The summed E-state index contributed by atoms with van der Waals surface area (Å²) in [7, 11) is 0. The Morgan fingerprint density at radius 3 is 2.30 bits per heavy atom. The normalized spacial score (nSPS) is 12.3. The molecule has 0 aliphatic heterocycles. The molecule has 0 unspecified atom stereocenters. The number of nitrogens with zero attached hydrogens (tertiary/aromatic N) is 1. The van der Waals surface area contributed by atoms with Crippen LogP contribution in [0.3, 0.4) is 0 Å². The first-order valence-electron chi connectivity index (χ1n) is 8.56. The summed E-state index contributed by atoms with van der Waals surface area (Å²) in [6.45, 7) is 1.59. The van der Waals surface area contributed by atoms with Crippen molar-refractivity contribution >= 4 is 23.2 Å². The molecule has 0 radical (unpaired) electrons. The van der Waals surface area contributed by atoms with E-state index in [1.54, 1.807) is 37.3 Å². The zero-order chi connectivity index (χ0) is 21.9. The highest BCUT2D eigenvalue weighted by molar-refractivity contribution is 7.17. The molecule has 3 aromatic rings. The van der Waals surface area contributed by atoms with E-state index >= 15 is 0 Å². The quantitative estimate of drug-likeness (QED) is 0.591. The number of nitrogens with one attached hydrogen (secondary N) is 1. The van der Waals surface area contributed by atoms with Crippen molar-refractivity contribution in [3.05, 3.63) is 70.7 Å². The summed E-state index contributed by atoms with van der Waals surface area (Å²) in [5.74, 6) is -2.19. The first-order chi connectivity index (χ1) is 14.1. The Labute approximate surface area is 173 Å². The molecular weight excluding hydrogens is 421 g/mol. The van der Waals surface area contributed by atoms with Crippen LogP contribution in [0.15, 0.2) is 54.6 Å². The fourth-order valence-corrected chi connectivity index (χ4v) is 3.63. The van der Waals surface area contributed by atoms with Gasteiger partial charge in [0.1, 0.15) is 15.6 Å². The van der Waals surface area contributed by atoms with Gasteiger partial charge in [0.05, 0.1) is 5.69 Å². The van der Waals surface area contributed by atoms with Crippen LogP contribution in [-0.4, -0.2) is 28.3 Å². The average Bonchev–Trinajstić information content (AvgIpc) is 3.07. The van der Waals surface area contributed by atoms with Crippen LogP contribution in [0.2, 0.25) is 0 Å². The minimum Gasteiger partial charge on any atom is -0.479 e. The molecule has 2 aromatic carbocycles. The predicted molar refractivity (Wildman–Crippen MR) is 103 cm³/mol. The highest BCUT2D eigenvalue weighted by Gasteiger charge is 2.31. The van der Waals surface area contributed by atoms with Crippen LogP contribution in [0.5, 0.6) is 5.75 Å². The van der Waals surface area contributed by atoms with Crippen molar-refractivity contribution in [3.63, 3.8) is 0 Å². The molecule has 0 aliphatic rings. The molecule has 1 aromatic heterocycles. The second-order valence-electron chi connectivity index (χ2n) is 6.16. The number of aromatic nitrogens is 1. The molecule has 156 valence electrons. The van der Waals surface area contributed by atoms with Crippen molar-refractivity contribution in [2.75, 3.05) is 0 Å². The maximum absolute atomic E-state index is 12.7. The summed E-state index contributed by atoms with van der Waals surface area (Å²) >= 11 is 1.01. The highest BCUT2D eigenvalue weighted by atomic mass is 32.1. The average molecular weight is 436 g/mol. The molecule has 0 bridgehead atoms. The number of ether oxygens (including phenoxy) is 1. The maximum Gasteiger partial charge on any atom is 0.573 e. The first-order valence-corrected chi connectivity index (χ1v) is 9.38. The molecule has 0 spiro atoms. The van der Waals surface area contributed by atoms with Crippen molar-refractivity contribution in [2.24, 2.45) is 0 Å². The van der Waals surface area contributed by atoms with Gasteiger partial charge >= 0.3 is 12.3 Å². The molecule has 30 heavy (non-hydrogen) atoms. The van der Waals surface area contributed by atoms with Crippen LogP contribution in [0.4, 0.5) is 13.2 Å². The number of aliphatic carboxylic acids is 1. The van der Waals surface area contributed by atoms with Gasteiger partial charge in [-0.3, -0.25) is 4.79 Å². The maximum atomic E-state index is 12.7. The fourth-order valence-electron chi connectivity index (χ4n) is 2.66. The lowest BCUT2D eigenvalue weighted by Crippen LogP contribution is -2.33. The molecule has 3 rings (SSSR count). The summed E-state index contributed by atoms with van der Waals surface area (Å²) in [6.07, 6.45) is -4.79. The van der Waals surface area contributed by atoms with Gasteiger partial charge in [-0.15, -0.1) is 24.5 Å². The summed E-state index contributed by atoms with van der Waals surface area (Å²) in [4.78, 5) is 28.7. The number of carbonyl (C=O) groups is 2. The number of carboxylic acids is 1. The molecule has 2 N–H and O–H groups in total. The van der Waals surface area contributed by atoms with Crippen LogP contribution < -0.4 is 10.1 Å². The van der Waals surface area contributed by atoms with Crippen LogP contribution in [0.25, 0.3) is 10.6 Å². The third kappa shape index (κ3) is 5.15. The first kappa shape index (κ1) is 21.3. The van der Waals surface area contributed by atoms with E-state index in [4.69, 9.17) is 0 Å². The zero-order valence-corrected chi connectivity index (χ0v) is 16.3. The molecule has 10 heteroatoms. The van der Waals surface area contributed by atoms with E-state index in [1.165, 1.54) is 12.1 Å². The number of halogens is 3. The van der Waals surface area contributed by atoms with Crippen molar-refractivity contribution in [2.45, 2.75) is 19.3 Å². The Kier molecular flexibility index (Phi) is 6.06. The lowest BCUT2D eigenvalue weighted by Gasteiger charge is -2.14. The van der Waals surface area contributed by atoms with Crippen LogP contribution in [0.1, 0.15) is 27.0 Å². The number of benzene rings is 2. The molecular formula is C20H15F3N2O4S. The number of aryl methyl sites for hydroxylation is 1. The second kappa shape index (κ2) is 8.54. The SMILES string of the molecule is Cc1nc(-c2ccc(OC(F)(F)F)cc2)sc1C(=O)N[C@H](C(=O)O)c1ccccc1. The smallest absolute Gasteiger partial charge is 0.479 e. The third-order valence-electron chi connectivity index (χ3n) is 3.99. The van der Waals surface area contributed by atoms with Crippen molar-refractivity contribution < 1.29 is 32.6 Å². The Morgan fingerprint density at radius 2 is 1.73 bits per heavy atom. The van der Waals surface area contributed by atoms with Crippen molar-refractivity contribution in [3.8, 4) is 16.3 Å². The van der Waals surface area contributed by atoms with E-state index in [-0.39, 0.29) is 10.6 Å². The van der Waals surface area contributed by atoms with Gasteiger partial charge in [0.15, 0.2) is 6.04 Å². The molecule has 1 atom stereocenters. The zero-order valence-electron chi connectivity index (χ0n) is 15.4. The van der Waals surface area contributed by atoms with E-state index in [2.05, 4.69) is 15.0 Å². The number of hydrogen-bond donors (Lipinski definition) is 2. The number of amides is 1. The van der Waals surface area contributed by atoms with E-state index in [1.807, 2.05) is 0 Å². The lowest BCUT2D eigenvalue weighted by atomic mass is 10.1. The second-order valence-corrected chi connectivity index (χ2v) is 7.16. The largest absolute Gasteiger partial charge is 0.573 e. The minimum atomic E-state index is -4.79. The van der Waals surface area contributed by atoms with Crippen molar-refractivity contribution in [1.82, 2.24) is 10.3 Å². The van der Waals surface area contributed by atoms with Gasteiger partial charge in [0, 0.05) is 5.56 Å². The summed E-state index contributed by atoms with van der Waals surface area (Å²) in [5, 5.41) is 12.3. The van der Waals surface area contributed by atoms with E-state index in [0.717, 1.165) is 23.5 Å². The Hall–Kier alpha value is -3.40. The van der Waals surface area contributed by atoms with Gasteiger partial charge in [-0.25, -0.2) is 9.78 Å². The Balaban J connectivity index is 1.80. The van der Waals surface area contributed by atoms with Crippen LogP contribution >= 0.6 is 11.3 Å². The monoisotopic (exact) mass is 436 g/mol.